The largest absolute Gasteiger partial charge is 0.505 e. The molecule has 1 aliphatic rings. The van der Waals surface area contributed by atoms with Crippen molar-refractivity contribution in [1.29, 1.82) is 0 Å². The number of phenolic OH excluding ortho intramolecular Hbond substituents is 1. The number of ether oxygens (including phenoxy) is 2. The van der Waals surface area contributed by atoms with Gasteiger partial charge in [-0.2, -0.15) is 50.7 Å². The minimum Gasteiger partial charge on any atom is -0.505 e. The van der Waals surface area contributed by atoms with Crippen molar-refractivity contribution in [2.75, 3.05) is 31.4 Å². The summed E-state index contributed by atoms with van der Waals surface area (Å²) in [7, 11) is -15.2. The maximum atomic E-state index is 13.3. The number of hydrazone groups is 1. The highest BCUT2D eigenvalue weighted by molar-refractivity contribution is 7.86. The monoisotopic (exact) mass is 1060 g/mol. The quantitative estimate of drug-likeness (QED) is 0.0298. The third kappa shape index (κ3) is 11.2. The normalized spacial score (nSPS) is 15.1. The van der Waals surface area contributed by atoms with Gasteiger partial charge in [0.05, 0.1) is 35.2 Å². The highest BCUT2D eigenvalue weighted by Crippen LogP contribution is 2.46. The number of fused-ring (bicyclic) bond motifs is 2. The zero-order chi connectivity index (χ0) is 51.6. The van der Waals surface area contributed by atoms with E-state index < -0.39 is 118 Å². The second kappa shape index (κ2) is 20.4. The van der Waals surface area contributed by atoms with Crippen LogP contribution in [0.1, 0.15) is 0 Å². The lowest BCUT2D eigenvalue weighted by Gasteiger charge is -2.13. The Morgan fingerprint density at radius 3 is 1.85 bits per heavy atom. The van der Waals surface area contributed by atoms with Crippen molar-refractivity contribution in [3.8, 4) is 17.2 Å². The number of carbonyl (C=O) groups is 2. The summed E-state index contributed by atoms with van der Waals surface area (Å²) in [6.45, 7) is -1.94. The SMILES string of the molecule is O=C(O)C1=NN(c2ccc(S(=O)O)cc2)C(=O)C1/N=N/c1ccc2c(O)c(/N=N/c3cc(OCCO)c(/N=N/c4cc(S(=O)(=O)O)c5cccc(S(=O)(=O)O)c5c4)cc3OCCO)c(S(=O)(=O)O)cc2c1. The first-order valence-electron chi connectivity index (χ1n) is 19.6. The van der Waals surface area contributed by atoms with Crippen LogP contribution in [0.3, 0.4) is 0 Å². The van der Waals surface area contributed by atoms with Crippen LogP contribution in [0, 0.1) is 0 Å². The molecule has 1 amide bonds. The molecule has 27 nitrogen and oxygen atoms in total. The van der Waals surface area contributed by atoms with E-state index in [1.807, 2.05) is 0 Å². The predicted octanol–water partition coefficient (Wildman–Crippen LogP) is 5.53. The number of aliphatic hydroxyl groups excluding tert-OH is 2. The molecule has 1 heterocycles. The molecule has 0 radical (unpaired) electrons. The fourth-order valence-corrected chi connectivity index (χ4v) is 9.12. The van der Waals surface area contributed by atoms with Gasteiger partial charge in [0.1, 0.15) is 56.5 Å². The fraction of sp³-hybridized carbons (Fsp3) is 0.125. The third-order valence-corrected chi connectivity index (χ3v) is 13.1. The molecule has 31 heteroatoms. The Morgan fingerprint density at radius 1 is 0.676 bits per heavy atom. The zero-order valence-electron chi connectivity index (χ0n) is 35.3. The smallest absolute Gasteiger partial charge is 0.355 e. The van der Waals surface area contributed by atoms with Gasteiger partial charge in [-0.25, -0.2) is 9.00 Å². The lowest BCUT2D eigenvalue weighted by Crippen LogP contribution is -2.33. The van der Waals surface area contributed by atoms with Crippen molar-refractivity contribution < 1.29 is 87.2 Å². The fourth-order valence-electron chi connectivity index (χ4n) is 6.67. The Balaban J connectivity index is 1.26. The van der Waals surface area contributed by atoms with Crippen LogP contribution in [-0.2, 0) is 51.0 Å². The van der Waals surface area contributed by atoms with Crippen molar-refractivity contribution in [3.05, 3.63) is 91.0 Å². The minimum absolute atomic E-state index is 0.00762. The second-order valence-corrected chi connectivity index (χ2v) is 19.5. The first kappa shape index (κ1) is 51.3. The summed E-state index contributed by atoms with van der Waals surface area (Å²) in [6.07, 6.45) is 0. The highest BCUT2D eigenvalue weighted by atomic mass is 32.2. The number of nitrogens with zero attached hydrogens (tertiary/aromatic N) is 8. The number of benzene rings is 6. The summed E-state index contributed by atoms with van der Waals surface area (Å²) in [5.41, 5.74) is -2.58. The third-order valence-electron chi connectivity index (χ3n) is 9.74. The number of anilines is 1. The lowest BCUT2D eigenvalue weighted by molar-refractivity contribution is -0.130. The van der Waals surface area contributed by atoms with E-state index in [0.29, 0.717) is 5.01 Å². The van der Waals surface area contributed by atoms with Crippen LogP contribution >= 0.6 is 0 Å². The van der Waals surface area contributed by atoms with Crippen molar-refractivity contribution in [2.24, 2.45) is 35.8 Å². The van der Waals surface area contributed by atoms with Crippen LogP contribution in [0.4, 0.5) is 34.1 Å². The molecule has 370 valence electrons. The number of aromatic hydroxyl groups is 1. The first-order chi connectivity index (χ1) is 33.5. The minimum atomic E-state index is -5.25. The van der Waals surface area contributed by atoms with E-state index in [1.54, 1.807) is 0 Å². The molecule has 2 atom stereocenters. The highest BCUT2D eigenvalue weighted by Gasteiger charge is 2.41. The summed E-state index contributed by atoms with van der Waals surface area (Å²) in [4.78, 5) is 22.8. The van der Waals surface area contributed by atoms with E-state index in [-0.39, 0.29) is 66.4 Å². The van der Waals surface area contributed by atoms with Crippen molar-refractivity contribution in [2.45, 2.75) is 25.6 Å². The van der Waals surface area contributed by atoms with Crippen molar-refractivity contribution in [1.82, 2.24) is 0 Å². The molecular formula is C40H32N8O19S4. The Morgan fingerprint density at radius 2 is 1.28 bits per heavy atom. The van der Waals surface area contributed by atoms with E-state index >= 15 is 0 Å². The first-order valence-corrected chi connectivity index (χ1v) is 25.0. The number of carboxylic acid groups (broad SMARTS) is 1. The van der Waals surface area contributed by atoms with Gasteiger partial charge in [0.2, 0.25) is 6.04 Å². The number of hydrogen-bond donors (Lipinski definition) is 8. The number of azo groups is 3. The second-order valence-electron chi connectivity index (χ2n) is 14.3. The number of hydrogen-bond acceptors (Lipinski definition) is 21. The number of aliphatic carboxylic acids is 1. The van der Waals surface area contributed by atoms with E-state index in [9.17, 15) is 77.7 Å². The van der Waals surface area contributed by atoms with Gasteiger partial charge in [-0.15, -0.1) is 15.3 Å². The Kier molecular flexibility index (Phi) is 14.7. The average molecular weight is 1060 g/mol. The van der Waals surface area contributed by atoms with Crippen LogP contribution in [-0.4, -0.2) is 118 Å². The molecule has 0 aromatic heterocycles. The van der Waals surface area contributed by atoms with Crippen molar-refractivity contribution >= 4 is 115 Å². The molecule has 6 aromatic rings. The molecule has 1 aliphatic heterocycles. The standard InChI is InChI=1S/C40H32N8O19S4/c49-10-12-66-30-19-29(31(67-13-11-50)18-28(30)43-42-22-16-27-26(33(17-22)70(60,61)62)2-1-3-32(27)69(57,58)59)44-45-35-34(71(63,64)65)15-20-14-21(4-9-25(20)38(35)51)41-46-36-37(40(53)54)47-48(39(36)52)23-5-7-24(8-6-23)68(55)56/h1-9,14-19,36,49-51H,10-13H2,(H,53,54)(H,55,56)(H,57,58,59)(H,60,61,62)(H,63,64,65)/b43-42+,45-44+,46-41+. The van der Waals surface area contributed by atoms with Crippen LogP contribution in [0.2, 0.25) is 0 Å². The van der Waals surface area contributed by atoms with Gasteiger partial charge in [0.15, 0.2) is 22.5 Å². The van der Waals surface area contributed by atoms with Gasteiger partial charge in [-0.1, -0.05) is 12.1 Å². The maximum absolute atomic E-state index is 13.3. The number of rotatable bonds is 18. The van der Waals surface area contributed by atoms with Crippen LogP contribution < -0.4 is 14.5 Å². The molecule has 0 fully saturated rings. The molecule has 2 unspecified atom stereocenters. The molecule has 0 saturated heterocycles. The summed E-state index contributed by atoms with van der Waals surface area (Å²) < 4.78 is 136. The lowest BCUT2D eigenvalue weighted by atomic mass is 10.1. The Bertz CT molecular complexity index is 3670. The van der Waals surface area contributed by atoms with E-state index in [0.717, 1.165) is 54.6 Å². The molecule has 7 rings (SSSR count). The van der Waals surface area contributed by atoms with Crippen LogP contribution in [0.25, 0.3) is 21.5 Å². The summed E-state index contributed by atoms with van der Waals surface area (Å²) >= 11 is -2.34. The molecule has 0 bridgehead atoms. The summed E-state index contributed by atoms with van der Waals surface area (Å²) in [6, 6.07) is 14.9. The molecule has 0 saturated carbocycles. The van der Waals surface area contributed by atoms with Gasteiger partial charge < -0.3 is 34.5 Å². The van der Waals surface area contributed by atoms with Crippen LogP contribution in [0.5, 0.6) is 17.2 Å². The van der Waals surface area contributed by atoms with Gasteiger partial charge in [-0.05, 0) is 72.1 Å². The number of phenols is 1. The number of carbonyl (C=O) groups excluding carboxylic acids is 1. The van der Waals surface area contributed by atoms with E-state index in [1.165, 1.54) is 36.4 Å². The van der Waals surface area contributed by atoms with E-state index in [4.69, 9.17) is 9.47 Å². The molecule has 0 spiro atoms. The Hall–Kier alpha value is -7.59. The van der Waals surface area contributed by atoms with Crippen LogP contribution in [0.15, 0.2) is 146 Å². The van der Waals surface area contributed by atoms with Gasteiger partial charge in [-0.3, -0.25) is 18.5 Å². The molecular weight excluding hydrogens is 1020 g/mol. The molecule has 6 aromatic carbocycles. The zero-order valence-corrected chi connectivity index (χ0v) is 38.6. The summed E-state index contributed by atoms with van der Waals surface area (Å²) in [5, 5.41) is 67.6. The van der Waals surface area contributed by atoms with Crippen molar-refractivity contribution in [3.63, 3.8) is 0 Å². The van der Waals surface area contributed by atoms with Gasteiger partial charge in [0, 0.05) is 28.3 Å². The predicted molar refractivity (Wildman–Crippen MR) is 245 cm³/mol. The molecule has 8 N–H and O–H groups in total. The van der Waals surface area contributed by atoms with Gasteiger partial charge in [0.25, 0.3) is 36.3 Å². The number of aliphatic hydroxyl groups is 2. The topological polar surface area (TPSA) is 424 Å². The van der Waals surface area contributed by atoms with E-state index in [2.05, 4.69) is 35.8 Å². The average Bonchev–Trinajstić information content (AvgIpc) is 3.65. The number of carboxylic acids is 1. The van der Waals surface area contributed by atoms with Gasteiger partial charge >= 0.3 is 5.97 Å². The molecule has 0 aliphatic carbocycles. The summed E-state index contributed by atoms with van der Waals surface area (Å²) in [5.74, 6) is -3.98. The Labute approximate surface area is 401 Å². The molecule has 71 heavy (non-hydrogen) atoms. The number of amides is 1. The maximum Gasteiger partial charge on any atom is 0.355 e.